The van der Waals surface area contributed by atoms with Crippen molar-refractivity contribution >= 4 is 38.2 Å². The summed E-state index contributed by atoms with van der Waals surface area (Å²) >= 11 is 1.38. The summed E-state index contributed by atoms with van der Waals surface area (Å²) < 4.78 is 32.6. The topological polar surface area (TPSA) is 119 Å². The van der Waals surface area contributed by atoms with Crippen molar-refractivity contribution in [1.82, 2.24) is 4.31 Å². The van der Waals surface area contributed by atoms with Gasteiger partial charge in [-0.2, -0.15) is 4.31 Å². The zero-order valence-corrected chi connectivity index (χ0v) is 19.8. The lowest BCUT2D eigenvalue weighted by Gasteiger charge is -2.26. The number of carbonyl (C=O) groups is 2. The molecule has 2 heterocycles. The number of nitrogens with two attached hydrogens (primary N) is 1. The first kappa shape index (κ1) is 22.9. The molecule has 172 valence electrons. The van der Waals surface area contributed by atoms with Crippen LogP contribution in [0.5, 0.6) is 0 Å². The van der Waals surface area contributed by atoms with Crippen molar-refractivity contribution in [3.05, 3.63) is 45.3 Å². The second-order valence-electron chi connectivity index (χ2n) is 8.37. The Kier molecular flexibility index (Phi) is 6.39. The van der Waals surface area contributed by atoms with Gasteiger partial charge in [0.25, 0.3) is 11.8 Å². The molecule has 1 saturated heterocycles. The van der Waals surface area contributed by atoms with Crippen LogP contribution in [0.25, 0.3) is 0 Å². The standard InChI is InChI=1S/C22H27N3O5S2/c1-13-3-6-16-18(11-13)31-22(19(16)20(23)26)24-21(27)17-12-15(5-4-14(17)2)32(28,29)25-7-9-30-10-8-25/h4-5,12-13H,3,6-11H2,1-2H3,(H2,23,26)(H,24,27). The van der Waals surface area contributed by atoms with Gasteiger partial charge in [-0.05, 0) is 55.4 Å². The van der Waals surface area contributed by atoms with Crippen molar-refractivity contribution in [2.45, 2.75) is 38.0 Å². The molecule has 10 heteroatoms. The first-order valence-corrected chi connectivity index (χ1v) is 12.9. The lowest BCUT2D eigenvalue weighted by molar-refractivity contribution is 0.0730. The minimum absolute atomic E-state index is 0.0598. The van der Waals surface area contributed by atoms with Gasteiger partial charge in [-0.25, -0.2) is 8.42 Å². The molecule has 1 atom stereocenters. The van der Waals surface area contributed by atoms with Gasteiger partial charge in [-0.1, -0.05) is 13.0 Å². The van der Waals surface area contributed by atoms with Crippen molar-refractivity contribution in [2.75, 3.05) is 31.6 Å². The molecule has 2 aromatic rings. The van der Waals surface area contributed by atoms with Crippen LogP contribution in [0.1, 0.15) is 50.1 Å². The average molecular weight is 478 g/mol. The number of hydrogen-bond acceptors (Lipinski definition) is 6. The van der Waals surface area contributed by atoms with Gasteiger partial charge in [0.1, 0.15) is 5.00 Å². The minimum atomic E-state index is -3.74. The molecule has 32 heavy (non-hydrogen) atoms. The van der Waals surface area contributed by atoms with Crippen LogP contribution in [0.4, 0.5) is 5.00 Å². The van der Waals surface area contributed by atoms with E-state index in [9.17, 15) is 18.0 Å². The van der Waals surface area contributed by atoms with Gasteiger partial charge in [-0.3, -0.25) is 9.59 Å². The molecule has 8 nitrogen and oxygen atoms in total. The van der Waals surface area contributed by atoms with Crippen LogP contribution in [-0.4, -0.2) is 50.8 Å². The number of thiophene rings is 1. The minimum Gasteiger partial charge on any atom is -0.379 e. The first-order chi connectivity index (χ1) is 15.2. The van der Waals surface area contributed by atoms with Crippen LogP contribution >= 0.6 is 11.3 Å². The highest BCUT2D eigenvalue weighted by atomic mass is 32.2. The van der Waals surface area contributed by atoms with E-state index in [2.05, 4.69) is 12.2 Å². The highest BCUT2D eigenvalue weighted by Gasteiger charge is 2.29. The quantitative estimate of drug-likeness (QED) is 0.686. The van der Waals surface area contributed by atoms with E-state index in [1.54, 1.807) is 13.0 Å². The lowest BCUT2D eigenvalue weighted by Crippen LogP contribution is -2.40. The monoisotopic (exact) mass is 477 g/mol. The molecule has 1 aromatic heterocycles. The lowest BCUT2D eigenvalue weighted by atomic mass is 9.88. The van der Waals surface area contributed by atoms with Crippen molar-refractivity contribution in [3.8, 4) is 0 Å². The molecule has 0 saturated carbocycles. The zero-order valence-electron chi connectivity index (χ0n) is 18.1. The van der Waals surface area contributed by atoms with E-state index < -0.39 is 21.8 Å². The molecule has 1 aromatic carbocycles. The molecule has 0 radical (unpaired) electrons. The van der Waals surface area contributed by atoms with E-state index in [1.807, 2.05) is 0 Å². The first-order valence-electron chi connectivity index (χ1n) is 10.6. The van der Waals surface area contributed by atoms with Crippen LogP contribution < -0.4 is 11.1 Å². The molecular formula is C22H27N3O5S2. The second-order valence-corrected chi connectivity index (χ2v) is 11.4. The van der Waals surface area contributed by atoms with Crippen LogP contribution in [0.3, 0.4) is 0 Å². The van der Waals surface area contributed by atoms with E-state index in [0.29, 0.717) is 35.3 Å². The molecular weight excluding hydrogens is 450 g/mol. The number of hydrogen-bond donors (Lipinski definition) is 2. The molecule has 1 unspecified atom stereocenters. The third kappa shape index (κ3) is 4.32. The van der Waals surface area contributed by atoms with Gasteiger partial charge in [-0.15, -0.1) is 11.3 Å². The van der Waals surface area contributed by atoms with Gasteiger partial charge in [0.2, 0.25) is 10.0 Å². The maximum absolute atomic E-state index is 13.2. The molecule has 2 aliphatic rings. The highest BCUT2D eigenvalue weighted by molar-refractivity contribution is 7.89. The fourth-order valence-corrected chi connectivity index (χ4v) is 7.06. The van der Waals surface area contributed by atoms with E-state index in [1.165, 1.54) is 27.8 Å². The maximum atomic E-state index is 13.2. The van der Waals surface area contributed by atoms with E-state index in [-0.39, 0.29) is 23.5 Å². The second kappa shape index (κ2) is 8.93. The van der Waals surface area contributed by atoms with Crippen LogP contribution in [0, 0.1) is 12.8 Å². The molecule has 1 aliphatic carbocycles. The number of morpholine rings is 1. The molecule has 4 rings (SSSR count). The van der Waals surface area contributed by atoms with Gasteiger partial charge >= 0.3 is 0 Å². The van der Waals surface area contributed by atoms with Crippen molar-refractivity contribution in [2.24, 2.45) is 11.7 Å². The van der Waals surface area contributed by atoms with Gasteiger partial charge in [0, 0.05) is 23.5 Å². The summed E-state index contributed by atoms with van der Waals surface area (Å²) in [6.07, 6.45) is 2.58. The number of rotatable bonds is 5. The number of ether oxygens (including phenoxy) is 1. The van der Waals surface area contributed by atoms with Crippen LogP contribution in [-0.2, 0) is 27.6 Å². The summed E-state index contributed by atoms with van der Waals surface area (Å²) in [4.78, 5) is 26.5. The Bertz CT molecular complexity index is 1170. The summed E-state index contributed by atoms with van der Waals surface area (Å²) in [6, 6.07) is 4.53. The SMILES string of the molecule is Cc1ccc(S(=O)(=O)N2CCOCC2)cc1C(=O)Nc1sc2c(c1C(N)=O)CCC(C)C2. The van der Waals surface area contributed by atoms with Crippen molar-refractivity contribution in [1.29, 1.82) is 0 Å². The Balaban J connectivity index is 1.65. The normalized spacial score (nSPS) is 19.4. The third-order valence-electron chi connectivity index (χ3n) is 6.05. The highest BCUT2D eigenvalue weighted by Crippen LogP contribution is 2.39. The van der Waals surface area contributed by atoms with E-state index in [0.717, 1.165) is 29.7 Å². The summed E-state index contributed by atoms with van der Waals surface area (Å²) in [5.41, 5.74) is 7.83. The summed E-state index contributed by atoms with van der Waals surface area (Å²) in [5.74, 6) is -0.516. The molecule has 1 aliphatic heterocycles. The number of primary amides is 1. The predicted octanol–water partition coefficient (Wildman–Crippen LogP) is 2.55. The average Bonchev–Trinajstić information content (AvgIpc) is 3.11. The Morgan fingerprint density at radius 2 is 1.97 bits per heavy atom. The number of carbonyl (C=O) groups excluding carboxylic acids is 2. The Labute approximate surface area is 191 Å². The Hall–Kier alpha value is -2.27. The van der Waals surface area contributed by atoms with E-state index in [4.69, 9.17) is 10.5 Å². The molecule has 2 amide bonds. The smallest absolute Gasteiger partial charge is 0.256 e. The number of anilines is 1. The predicted molar refractivity (Wildman–Crippen MR) is 123 cm³/mol. The molecule has 3 N–H and O–H groups in total. The number of nitrogens with zero attached hydrogens (tertiary/aromatic N) is 1. The molecule has 0 spiro atoms. The van der Waals surface area contributed by atoms with Gasteiger partial charge < -0.3 is 15.8 Å². The summed E-state index contributed by atoms with van der Waals surface area (Å²) in [6.45, 7) is 5.15. The Morgan fingerprint density at radius 3 is 2.66 bits per heavy atom. The number of amides is 2. The summed E-state index contributed by atoms with van der Waals surface area (Å²) in [7, 11) is -3.74. The third-order valence-corrected chi connectivity index (χ3v) is 9.11. The Morgan fingerprint density at radius 1 is 1.25 bits per heavy atom. The van der Waals surface area contributed by atoms with Crippen molar-refractivity contribution in [3.63, 3.8) is 0 Å². The summed E-state index contributed by atoms with van der Waals surface area (Å²) in [5, 5.41) is 3.26. The number of sulfonamides is 1. The largest absolute Gasteiger partial charge is 0.379 e. The van der Waals surface area contributed by atoms with Gasteiger partial charge in [0.05, 0.1) is 23.7 Å². The molecule has 0 bridgehead atoms. The maximum Gasteiger partial charge on any atom is 0.256 e. The van der Waals surface area contributed by atoms with E-state index >= 15 is 0 Å². The van der Waals surface area contributed by atoms with Crippen LogP contribution in [0.15, 0.2) is 23.1 Å². The van der Waals surface area contributed by atoms with Crippen LogP contribution in [0.2, 0.25) is 0 Å². The fourth-order valence-electron chi connectivity index (χ4n) is 4.21. The molecule has 1 fully saturated rings. The number of benzene rings is 1. The number of fused-ring (bicyclic) bond motifs is 1. The number of nitrogens with one attached hydrogen (secondary N) is 1. The fraction of sp³-hybridized carbons (Fsp3) is 0.455. The van der Waals surface area contributed by atoms with Crippen molar-refractivity contribution < 1.29 is 22.7 Å². The zero-order chi connectivity index (χ0) is 23.0. The number of aryl methyl sites for hydroxylation is 1. The van der Waals surface area contributed by atoms with Gasteiger partial charge in [0.15, 0.2) is 0 Å².